The van der Waals surface area contributed by atoms with Crippen LogP contribution in [-0.2, 0) is 0 Å². The number of methoxy groups -OCH3 is 1. The molecule has 26 heavy (non-hydrogen) atoms. The van der Waals surface area contributed by atoms with Crippen LogP contribution in [0.4, 0.5) is 11.4 Å². The first-order chi connectivity index (χ1) is 12.0. The van der Waals surface area contributed by atoms with Crippen molar-refractivity contribution < 1.29 is 23.7 Å². The Kier molecular flexibility index (Phi) is 6.05. The minimum Gasteiger partial charge on any atom is -0.493 e. The summed E-state index contributed by atoms with van der Waals surface area (Å²) in [6.45, 7) is 3.98. The summed E-state index contributed by atoms with van der Waals surface area (Å²) >= 11 is 0. The van der Waals surface area contributed by atoms with Crippen molar-refractivity contribution in [3.63, 3.8) is 0 Å². The molecule has 1 amide bonds. The van der Waals surface area contributed by atoms with E-state index in [1.54, 1.807) is 30.3 Å². The van der Waals surface area contributed by atoms with Crippen LogP contribution in [-0.4, -0.2) is 25.9 Å². The maximum Gasteiger partial charge on any atom is 0.255 e. The molecule has 0 aromatic heterocycles. The van der Waals surface area contributed by atoms with Crippen molar-refractivity contribution in [1.29, 1.82) is 0 Å². The number of hydrogen-bond donors (Lipinski definition) is 2. The van der Waals surface area contributed by atoms with Crippen molar-refractivity contribution >= 4 is 29.7 Å². The third kappa shape index (κ3) is 4.05. The van der Waals surface area contributed by atoms with Crippen LogP contribution in [0.2, 0.25) is 0 Å². The van der Waals surface area contributed by atoms with Crippen LogP contribution in [0, 0.1) is 0 Å². The number of carbonyl (C=O) groups is 1. The molecule has 0 atom stereocenters. The summed E-state index contributed by atoms with van der Waals surface area (Å²) in [4.78, 5) is 12.5. The van der Waals surface area contributed by atoms with Crippen LogP contribution < -0.4 is 30.0 Å². The Balaban J connectivity index is 0.00000243. The monoisotopic (exact) mass is 380 g/mol. The fraction of sp³-hybridized carbons (Fsp3) is 0.278. The quantitative estimate of drug-likeness (QED) is 0.771. The van der Waals surface area contributed by atoms with E-state index in [0.717, 1.165) is 0 Å². The van der Waals surface area contributed by atoms with Crippen molar-refractivity contribution in [2.24, 2.45) is 0 Å². The van der Waals surface area contributed by atoms with Gasteiger partial charge in [-0.05, 0) is 32.0 Å². The van der Waals surface area contributed by atoms with Gasteiger partial charge in [-0.25, -0.2) is 0 Å². The number of nitrogens with one attached hydrogen (secondary N) is 1. The summed E-state index contributed by atoms with van der Waals surface area (Å²) in [7, 11) is 1.53. The molecule has 1 aliphatic heterocycles. The Morgan fingerprint density at radius 1 is 1.15 bits per heavy atom. The van der Waals surface area contributed by atoms with E-state index in [4.69, 9.17) is 24.7 Å². The van der Waals surface area contributed by atoms with Crippen LogP contribution >= 0.6 is 12.4 Å². The summed E-state index contributed by atoms with van der Waals surface area (Å²) in [5.74, 6) is 1.85. The summed E-state index contributed by atoms with van der Waals surface area (Å²) in [6, 6.07) is 8.26. The van der Waals surface area contributed by atoms with E-state index in [-0.39, 0.29) is 31.2 Å². The second kappa shape index (κ2) is 8.05. The Bertz CT molecular complexity index is 810. The summed E-state index contributed by atoms with van der Waals surface area (Å²) in [5.41, 5.74) is 7.23. The van der Waals surface area contributed by atoms with Gasteiger partial charge in [0.1, 0.15) is 0 Å². The van der Waals surface area contributed by atoms with Gasteiger partial charge in [-0.2, -0.15) is 0 Å². The fourth-order valence-corrected chi connectivity index (χ4v) is 2.42. The zero-order chi connectivity index (χ0) is 18.0. The first-order valence-electron chi connectivity index (χ1n) is 7.83. The number of amides is 1. The van der Waals surface area contributed by atoms with Crippen molar-refractivity contribution in [3.8, 4) is 23.0 Å². The number of carbonyl (C=O) groups excluding carboxylic acids is 1. The molecule has 3 N–H and O–H groups in total. The van der Waals surface area contributed by atoms with Crippen LogP contribution in [0.25, 0.3) is 0 Å². The van der Waals surface area contributed by atoms with Crippen molar-refractivity contribution in [2.45, 2.75) is 20.0 Å². The van der Waals surface area contributed by atoms with Gasteiger partial charge in [0.05, 0.1) is 24.6 Å². The second-order valence-electron chi connectivity index (χ2n) is 5.78. The number of benzene rings is 2. The number of rotatable bonds is 5. The van der Waals surface area contributed by atoms with Gasteiger partial charge in [-0.15, -0.1) is 12.4 Å². The van der Waals surface area contributed by atoms with Crippen LogP contribution in [0.3, 0.4) is 0 Å². The van der Waals surface area contributed by atoms with E-state index >= 15 is 0 Å². The molecule has 0 radical (unpaired) electrons. The third-order valence-electron chi connectivity index (χ3n) is 3.58. The molecular formula is C18H21ClN2O5. The first kappa shape index (κ1) is 19.5. The Morgan fingerprint density at radius 2 is 1.85 bits per heavy atom. The zero-order valence-corrected chi connectivity index (χ0v) is 15.5. The summed E-state index contributed by atoms with van der Waals surface area (Å²) in [6.07, 6.45) is 0.00186. The molecule has 2 aromatic carbocycles. The maximum atomic E-state index is 12.5. The fourth-order valence-electron chi connectivity index (χ4n) is 2.42. The number of fused-ring (bicyclic) bond motifs is 1. The molecule has 1 aliphatic rings. The molecule has 2 aromatic rings. The maximum absolute atomic E-state index is 12.5. The van der Waals surface area contributed by atoms with Gasteiger partial charge in [-0.3, -0.25) is 4.79 Å². The SMILES string of the molecule is COc1cc(C(=O)Nc2cc3c(cc2N)OCO3)ccc1OC(C)C.Cl. The predicted molar refractivity (Wildman–Crippen MR) is 101 cm³/mol. The van der Waals surface area contributed by atoms with Gasteiger partial charge in [0.2, 0.25) is 6.79 Å². The highest BCUT2D eigenvalue weighted by Crippen LogP contribution is 2.38. The number of hydrogen-bond acceptors (Lipinski definition) is 6. The highest BCUT2D eigenvalue weighted by Gasteiger charge is 2.18. The molecule has 0 fully saturated rings. The number of nitrogens with two attached hydrogens (primary N) is 1. The zero-order valence-electron chi connectivity index (χ0n) is 14.7. The van der Waals surface area contributed by atoms with Crippen LogP contribution in [0.1, 0.15) is 24.2 Å². The molecule has 0 spiro atoms. The Labute approximate surface area is 157 Å². The van der Waals surface area contributed by atoms with Gasteiger partial charge in [0.15, 0.2) is 23.0 Å². The minimum atomic E-state index is -0.319. The third-order valence-corrected chi connectivity index (χ3v) is 3.58. The first-order valence-corrected chi connectivity index (χ1v) is 7.83. The molecular weight excluding hydrogens is 360 g/mol. The molecule has 8 heteroatoms. The average molecular weight is 381 g/mol. The highest BCUT2D eigenvalue weighted by atomic mass is 35.5. The Hall–Kier alpha value is -2.80. The molecule has 0 saturated heterocycles. The van der Waals surface area contributed by atoms with Gasteiger partial charge < -0.3 is 30.0 Å². The Morgan fingerprint density at radius 3 is 2.50 bits per heavy atom. The van der Waals surface area contributed by atoms with Crippen LogP contribution in [0.5, 0.6) is 23.0 Å². The summed E-state index contributed by atoms with van der Waals surface area (Å²) in [5, 5.41) is 2.77. The molecule has 0 bridgehead atoms. The van der Waals surface area contributed by atoms with E-state index in [0.29, 0.717) is 39.9 Å². The van der Waals surface area contributed by atoms with Crippen molar-refractivity contribution in [1.82, 2.24) is 0 Å². The molecule has 0 aliphatic carbocycles. The molecule has 3 rings (SSSR count). The minimum absolute atomic E-state index is 0. The topological polar surface area (TPSA) is 92.0 Å². The normalized spacial score (nSPS) is 11.7. The standard InChI is InChI=1S/C18H20N2O5.ClH/c1-10(2)25-14-5-4-11(6-15(14)22-3)18(21)20-13-8-17-16(7-12(13)19)23-9-24-17;/h4-8,10H,9,19H2,1-3H3,(H,20,21);1H. The van der Waals surface area contributed by atoms with Gasteiger partial charge in [-0.1, -0.05) is 0 Å². The van der Waals surface area contributed by atoms with Gasteiger partial charge in [0, 0.05) is 17.7 Å². The lowest BCUT2D eigenvalue weighted by molar-refractivity contribution is 0.102. The molecule has 0 unspecified atom stereocenters. The summed E-state index contributed by atoms with van der Waals surface area (Å²) < 4.78 is 21.5. The van der Waals surface area contributed by atoms with E-state index in [1.165, 1.54) is 7.11 Å². The lowest BCUT2D eigenvalue weighted by Crippen LogP contribution is -2.14. The molecule has 0 saturated carbocycles. The van der Waals surface area contributed by atoms with Crippen LogP contribution in [0.15, 0.2) is 30.3 Å². The van der Waals surface area contributed by atoms with Gasteiger partial charge in [0.25, 0.3) is 5.91 Å². The molecule has 1 heterocycles. The van der Waals surface area contributed by atoms with E-state index in [1.807, 2.05) is 13.8 Å². The highest BCUT2D eigenvalue weighted by molar-refractivity contribution is 6.06. The lowest BCUT2D eigenvalue weighted by Gasteiger charge is -2.15. The number of halogens is 1. The number of anilines is 2. The number of ether oxygens (including phenoxy) is 4. The predicted octanol–water partition coefficient (Wildman–Crippen LogP) is 3.47. The van der Waals surface area contributed by atoms with Crippen molar-refractivity contribution in [2.75, 3.05) is 25.0 Å². The molecule has 140 valence electrons. The smallest absolute Gasteiger partial charge is 0.255 e. The van der Waals surface area contributed by atoms with E-state index < -0.39 is 0 Å². The largest absolute Gasteiger partial charge is 0.493 e. The van der Waals surface area contributed by atoms with Gasteiger partial charge >= 0.3 is 0 Å². The second-order valence-corrected chi connectivity index (χ2v) is 5.78. The van der Waals surface area contributed by atoms with Crippen molar-refractivity contribution in [3.05, 3.63) is 35.9 Å². The lowest BCUT2D eigenvalue weighted by atomic mass is 10.1. The van der Waals surface area contributed by atoms with E-state index in [2.05, 4.69) is 5.32 Å². The molecule has 7 nitrogen and oxygen atoms in total. The number of nitrogen functional groups attached to an aromatic ring is 1. The average Bonchev–Trinajstić information content (AvgIpc) is 3.02. The van der Waals surface area contributed by atoms with E-state index in [9.17, 15) is 4.79 Å².